The largest absolute Gasteiger partial charge is 0.510 e. The van der Waals surface area contributed by atoms with Gasteiger partial charge < -0.3 is 39.6 Å². The molecule has 0 spiro atoms. The van der Waals surface area contributed by atoms with Gasteiger partial charge in [0.1, 0.15) is 30.2 Å². The summed E-state index contributed by atoms with van der Waals surface area (Å²) in [4.78, 5) is 35.2. The van der Waals surface area contributed by atoms with Crippen molar-refractivity contribution in [2.45, 2.75) is 70.4 Å². The molecule has 1 fully saturated rings. The monoisotopic (exact) mass is 625 g/mol. The van der Waals surface area contributed by atoms with Crippen LogP contribution >= 0.6 is 7.82 Å². The molecule has 0 amide bonds. The van der Waals surface area contributed by atoms with Gasteiger partial charge in [0.25, 0.3) is 0 Å². The summed E-state index contributed by atoms with van der Waals surface area (Å²) in [7, 11) is -4.86. The van der Waals surface area contributed by atoms with Crippen LogP contribution in [0.5, 0.6) is 0 Å². The first-order valence-electron chi connectivity index (χ1n) is 12.4. The van der Waals surface area contributed by atoms with Crippen LogP contribution in [0.4, 0.5) is 19.8 Å². The van der Waals surface area contributed by atoms with Gasteiger partial charge in [-0.25, -0.2) is 42.5 Å². The van der Waals surface area contributed by atoms with Gasteiger partial charge in [-0.1, -0.05) is 0 Å². The molecule has 1 unspecified atom stereocenters. The number of hydrogen-bond acceptors (Lipinski definition) is 17. The van der Waals surface area contributed by atoms with E-state index >= 15 is 0 Å². The van der Waals surface area contributed by atoms with Crippen LogP contribution in [0.1, 0.15) is 40.8 Å². The zero-order chi connectivity index (χ0) is 31.3. The SMILES string of the molecule is CC(C)OC(=O)OCOP(=O)(OCOC(=O)OC(C)C)OC[C@@]1(CF)OC(n2cnc3c(N)ncnc32)[C@](C)(O)[C@@H]1O. The molecule has 3 heterocycles. The summed E-state index contributed by atoms with van der Waals surface area (Å²) in [5.74, 6) is 0.0197. The first-order valence-corrected chi connectivity index (χ1v) is 13.9. The lowest BCUT2D eigenvalue weighted by Gasteiger charge is -2.31. The number of rotatable bonds is 13. The van der Waals surface area contributed by atoms with Crippen molar-refractivity contribution in [3.63, 3.8) is 0 Å². The number of alkyl halides is 1. The maximum atomic E-state index is 14.6. The molecule has 4 atom stereocenters. The summed E-state index contributed by atoms with van der Waals surface area (Å²) in [5.41, 5.74) is 1.50. The number of aliphatic hydroxyl groups is 2. The van der Waals surface area contributed by atoms with Crippen LogP contribution in [0.25, 0.3) is 11.2 Å². The van der Waals surface area contributed by atoms with E-state index in [-0.39, 0.29) is 17.0 Å². The van der Waals surface area contributed by atoms with Crippen molar-refractivity contribution in [3.8, 4) is 0 Å². The smallest absolute Gasteiger partial charge is 0.432 e. The summed E-state index contributed by atoms with van der Waals surface area (Å²) in [5, 5.41) is 22.2. The molecule has 0 aromatic carbocycles. The Bertz CT molecular complexity index is 1260. The van der Waals surface area contributed by atoms with E-state index < -0.39 is 82.7 Å². The highest BCUT2D eigenvalue weighted by Gasteiger charge is 2.63. The highest BCUT2D eigenvalue weighted by molar-refractivity contribution is 7.48. The maximum Gasteiger partial charge on any atom is 0.510 e. The quantitative estimate of drug-likeness (QED) is 0.164. The number of carbonyl (C=O) groups is 2. The lowest BCUT2D eigenvalue weighted by molar-refractivity contribution is -0.139. The third kappa shape index (κ3) is 7.60. The summed E-state index contributed by atoms with van der Waals surface area (Å²) >= 11 is 0. The molecule has 1 aliphatic heterocycles. The molecule has 4 N–H and O–H groups in total. The Hall–Kier alpha value is -3.19. The molecule has 0 aliphatic carbocycles. The molecule has 0 saturated carbocycles. The Morgan fingerprint density at radius 1 is 1.10 bits per heavy atom. The Morgan fingerprint density at radius 3 is 2.19 bits per heavy atom. The number of halogens is 1. The fraction of sp³-hybridized carbons (Fsp3) is 0.682. The summed E-state index contributed by atoms with van der Waals surface area (Å²) in [6, 6.07) is 0. The number of ether oxygens (including phenoxy) is 5. The van der Waals surface area contributed by atoms with Crippen molar-refractivity contribution < 1.29 is 66.0 Å². The highest BCUT2D eigenvalue weighted by Crippen LogP contribution is 2.53. The van der Waals surface area contributed by atoms with Gasteiger partial charge in [0.05, 0.1) is 25.1 Å². The minimum atomic E-state index is -4.86. The standard InChI is InChI=1S/C22H33FN5O13P/c1-12(2)39-19(30)34-10-37-42(33,38-11-35-20(31)40-13(3)4)36-7-22(6-23)17(29)21(5,32)18(41-22)28-9-27-14-15(24)25-8-26-16(14)28/h8-9,12-13,17-18,29,32H,6-7,10-11H2,1-5H3,(H2,24,25,26)/t17-,18?,21+,22+/m0/s1. The number of fused-ring (bicyclic) bond motifs is 1. The van der Waals surface area contributed by atoms with Crippen molar-refractivity contribution in [2.75, 3.05) is 32.6 Å². The first-order chi connectivity index (χ1) is 19.6. The van der Waals surface area contributed by atoms with Crippen molar-refractivity contribution in [1.29, 1.82) is 0 Å². The van der Waals surface area contributed by atoms with Gasteiger partial charge in [0.2, 0.25) is 13.6 Å². The van der Waals surface area contributed by atoms with Crippen molar-refractivity contribution in [2.24, 2.45) is 0 Å². The molecular weight excluding hydrogens is 592 g/mol. The molecule has 0 radical (unpaired) electrons. The molecule has 2 aromatic rings. The third-order valence-corrected chi connectivity index (χ3v) is 6.96. The van der Waals surface area contributed by atoms with Gasteiger partial charge in [-0.3, -0.25) is 9.09 Å². The minimum Gasteiger partial charge on any atom is -0.432 e. The number of anilines is 1. The van der Waals surface area contributed by atoms with E-state index in [0.717, 1.165) is 13.3 Å². The summed E-state index contributed by atoms with van der Waals surface area (Å²) in [6.07, 6.45) is -4.63. The number of imidazole rings is 1. The van der Waals surface area contributed by atoms with E-state index in [1.807, 2.05) is 0 Å². The summed E-state index contributed by atoms with van der Waals surface area (Å²) < 4.78 is 68.8. The van der Waals surface area contributed by atoms with Gasteiger partial charge >= 0.3 is 20.1 Å². The second-order valence-corrected chi connectivity index (χ2v) is 11.4. The van der Waals surface area contributed by atoms with Gasteiger partial charge in [0, 0.05) is 0 Å². The lowest BCUT2D eigenvalue weighted by Crippen LogP contribution is -2.53. The molecule has 1 saturated heterocycles. The number of hydrogen-bond donors (Lipinski definition) is 3. The molecule has 42 heavy (non-hydrogen) atoms. The zero-order valence-electron chi connectivity index (χ0n) is 23.4. The second kappa shape index (κ2) is 13.4. The van der Waals surface area contributed by atoms with Crippen molar-refractivity contribution >= 4 is 37.1 Å². The fourth-order valence-electron chi connectivity index (χ4n) is 3.74. The molecule has 3 rings (SSSR count). The van der Waals surface area contributed by atoms with Crippen LogP contribution in [-0.2, 0) is 41.8 Å². The van der Waals surface area contributed by atoms with Crippen LogP contribution in [0.15, 0.2) is 12.7 Å². The van der Waals surface area contributed by atoms with Crippen LogP contribution in [0, 0.1) is 0 Å². The van der Waals surface area contributed by atoms with E-state index in [9.17, 15) is 28.8 Å². The predicted octanol–water partition coefficient (Wildman–Crippen LogP) is 1.95. The average Bonchev–Trinajstić information content (AvgIpc) is 3.40. The molecular formula is C22H33FN5O13P. The first kappa shape index (κ1) is 33.3. The van der Waals surface area contributed by atoms with Crippen LogP contribution in [0.2, 0.25) is 0 Å². The number of nitrogens with two attached hydrogens (primary N) is 1. The molecule has 236 valence electrons. The number of aromatic nitrogens is 4. The Kier molecular flexibility index (Phi) is 10.6. The van der Waals surface area contributed by atoms with Gasteiger partial charge in [0.15, 0.2) is 23.3 Å². The second-order valence-electron chi connectivity index (χ2n) is 9.72. The average molecular weight is 626 g/mol. The van der Waals surface area contributed by atoms with E-state index in [4.69, 9.17) is 33.5 Å². The van der Waals surface area contributed by atoms with Crippen LogP contribution in [0.3, 0.4) is 0 Å². The Balaban J connectivity index is 1.79. The minimum absolute atomic E-state index is 0.0197. The molecule has 0 bridgehead atoms. The Labute approximate surface area is 238 Å². The number of aliphatic hydroxyl groups excluding tert-OH is 1. The summed E-state index contributed by atoms with van der Waals surface area (Å²) in [6.45, 7) is 2.76. The third-order valence-electron chi connectivity index (χ3n) is 5.67. The number of carbonyl (C=O) groups excluding carboxylic acids is 2. The van der Waals surface area contributed by atoms with E-state index in [0.29, 0.717) is 0 Å². The van der Waals surface area contributed by atoms with Crippen LogP contribution < -0.4 is 5.73 Å². The zero-order valence-corrected chi connectivity index (χ0v) is 24.3. The predicted molar refractivity (Wildman–Crippen MR) is 136 cm³/mol. The lowest BCUT2D eigenvalue weighted by atomic mass is 9.88. The maximum absolute atomic E-state index is 14.6. The van der Waals surface area contributed by atoms with Crippen molar-refractivity contribution in [3.05, 3.63) is 12.7 Å². The van der Waals surface area contributed by atoms with E-state index in [1.165, 1.54) is 10.9 Å². The molecule has 2 aromatic heterocycles. The van der Waals surface area contributed by atoms with Crippen LogP contribution in [-0.4, -0.2) is 98.4 Å². The normalized spacial score (nSPS) is 24.3. The Morgan fingerprint density at radius 2 is 1.67 bits per heavy atom. The van der Waals surface area contributed by atoms with Gasteiger partial charge in [-0.2, -0.15) is 0 Å². The number of nitrogens with zero attached hydrogens (tertiary/aromatic N) is 4. The van der Waals surface area contributed by atoms with Crippen molar-refractivity contribution in [1.82, 2.24) is 19.5 Å². The van der Waals surface area contributed by atoms with E-state index in [1.54, 1.807) is 27.7 Å². The van der Waals surface area contributed by atoms with E-state index in [2.05, 4.69) is 24.4 Å². The highest BCUT2D eigenvalue weighted by atomic mass is 31.2. The number of phosphoric ester groups is 1. The van der Waals surface area contributed by atoms with Gasteiger partial charge in [-0.05, 0) is 34.6 Å². The molecule has 1 aliphatic rings. The topological polar surface area (TPSA) is 235 Å². The van der Waals surface area contributed by atoms with Gasteiger partial charge in [-0.15, -0.1) is 0 Å². The molecule has 20 heteroatoms. The number of nitrogen functional groups attached to an aromatic ring is 1. The molecule has 18 nitrogen and oxygen atoms in total. The number of phosphoric acid groups is 1. The fourth-order valence-corrected chi connectivity index (χ4v) is 4.70.